The molecule has 0 saturated heterocycles. The summed E-state index contributed by atoms with van der Waals surface area (Å²) in [6, 6.07) is 16.2. The molecule has 2 heterocycles. The lowest BCUT2D eigenvalue weighted by atomic mass is 9.82. The zero-order valence-corrected chi connectivity index (χ0v) is 18.1. The van der Waals surface area contributed by atoms with E-state index in [0.717, 1.165) is 41.8 Å². The number of benzene rings is 1. The molecular weight excluding hydrogens is 406 g/mol. The van der Waals surface area contributed by atoms with Gasteiger partial charge in [-0.25, -0.2) is 4.68 Å². The summed E-state index contributed by atoms with van der Waals surface area (Å²) in [5.74, 6) is 0.271. The molecule has 2 aromatic heterocycles. The van der Waals surface area contributed by atoms with Crippen molar-refractivity contribution >= 4 is 17.2 Å². The molecule has 0 radical (unpaired) electrons. The maximum Gasteiger partial charge on any atom is 0.261 e. The van der Waals surface area contributed by atoms with E-state index in [0.29, 0.717) is 10.8 Å². The molecule has 31 heavy (non-hydrogen) atoms. The van der Waals surface area contributed by atoms with Crippen LogP contribution in [0, 0.1) is 17.2 Å². The molecule has 158 valence electrons. The van der Waals surface area contributed by atoms with Crippen LogP contribution in [0.1, 0.15) is 66.4 Å². The maximum atomic E-state index is 13.2. The van der Waals surface area contributed by atoms with Gasteiger partial charge in [0.2, 0.25) is 0 Å². The summed E-state index contributed by atoms with van der Waals surface area (Å²) in [6.07, 6.45) is 9.22. The summed E-state index contributed by atoms with van der Waals surface area (Å²) in [7, 11) is 0. The second-order valence-electron chi connectivity index (χ2n) is 8.61. The molecule has 0 aliphatic heterocycles. The molecule has 2 aliphatic carbocycles. The van der Waals surface area contributed by atoms with Crippen molar-refractivity contribution in [1.82, 2.24) is 20.3 Å². The van der Waals surface area contributed by atoms with Crippen LogP contribution < -0.4 is 5.32 Å². The molecule has 1 atom stereocenters. The molecule has 6 nitrogen and oxygen atoms in total. The minimum Gasteiger partial charge on any atom is -0.343 e. The Kier molecular flexibility index (Phi) is 5.33. The molecule has 1 aromatic carbocycles. The van der Waals surface area contributed by atoms with Crippen LogP contribution in [0.25, 0.3) is 10.4 Å². The van der Waals surface area contributed by atoms with E-state index in [1.165, 1.54) is 30.6 Å². The van der Waals surface area contributed by atoms with Gasteiger partial charge in [-0.1, -0.05) is 54.8 Å². The maximum absolute atomic E-state index is 13.2. The van der Waals surface area contributed by atoms with Crippen molar-refractivity contribution in [2.24, 2.45) is 5.92 Å². The van der Waals surface area contributed by atoms with Gasteiger partial charge in [0.15, 0.2) is 5.54 Å². The average molecular weight is 432 g/mol. The molecule has 0 unspecified atom stereocenters. The van der Waals surface area contributed by atoms with Crippen molar-refractivity contribution in [3.05, 3.63) is 59.2 Å². The first kappa shape index (κ1) is 20.0. The Morgan fingerprint density at radius 3 is 2.65 bits per heavy atom. The predicted octanol–water partition coefficient (Wildman–Crippen LogP) is 5.07. The number of nitrogens with one attached hydrogen (secondary N) is 1. The number of aromatic nitrogens is 3. The van der Waals surface area contributed by atoms with E-state index in [9.17, 15) is 10.1 Å². The Hall–Kier alpha value is -2.98. The van der Waals surface area contributed by atoms with Crippen molar-refractivity contribution in [2.75, 3.05) is 0 Å². The number of thiophene rings is 1. The summed E-state index contributed by atoms with van der Waals surface area (Å²) in [5, 5.41) is 21.4. The molecule has 2 saturated carbocycles. The molecule has 5 rings (SSSR count). The van der Waals surface area contributed by atoms with Gasteiger partial charge < -0.3 is 5.32 Å². The lowest BCUT2D eigenvalue weighted by Crippen LogP contribution is -2.34. The molecule has 2 aliphatic rings. The summed E-state index contributed by atoms with van der Waals surface area (Å²) in [5.41, 5.74) is 1.34. The quantitative estimate of drug-likeness (QED) is 0.590. The summed E-state index contributed by atoms with van der Waals surface area (Å²) < 4.78 is 1.70. The van der Waals surface area contributed by atoms with Crippen LogP contribution >= 0.6 is 11.3 Å². The molecule has 1 amide bonds. The minimum atomic E-state index is -0.537. The van der Waals surface area contributed by atoms with E-state index < -0.39 is 5.54 Å². The molecule has 0 bridgehead atoms. The van der Waals surface area contributed by atoms with E-state index >= 15 is 0 Å². The van der Waals surface area contributed by atoms with Gasteiger partial charge in [-0.2, -0.15) is 5.26 Å². The molecule has 3 aromatic rings. The Morgan fingerprint density at radius 2 is 1.94 bits per heavy atom. The third-order valence-corrected chi connectivity index (χ3v) is 7.63. The highest BCUT2D eigenvalue weighted by atomic mass is 32.1. The summed E-state index contributed by atoms with van der Waals surface area (Å²) >= 11 is 1.50. The Bertz CT molecular complexity index is 1100. The smallest absolute Gasteiger partial charge is 0.261 e. The third-order valence-electron chi connectivity index (χ3n) is 6.50. The highest BCUT2D eigenvalue weighted by Gasteiger charge is 2.47. The van der Waals surface area contributed by atoms with E-state index in [1.807, 2.05) is 36.5 Å². The standard InChI is InChI=1S/C24H25N5OS/c25-16-24(13-14-24)29-15-19(27-28-29)22(18-9-5-2-6-10-18)26-23(30)21-12-11-20(31-21)17-7-3-1-4-8-17/h1,3-4,7-8,11-12,15,18,22H,2,5-6,9-10,13-14H2,(H,26,30)/t22-/m0/s1. The third kappa shape index (κ3) is 4.00. The number of nitriles is 1. The zero-order chi connectivity index (χ0) is 21.3. The molecule has 2 fully saturated rings. The second kappa shape index (κ2) is 8.27. The van der Waals surface area contributed by atoms with E-state index in [2.05, 4.69) is 33.8 Å². The van der Waals surface area contributed by atoms with Gasteiger partial charge in [-0.05, 0) is 49.3 Å². The van der Waals surface area contributed by atoms with Crippen LogP contribution in [-0.4, -0.2) is 20.9 Å². The lowest BCUT2D eigenvalue weighted by molar-refractivity contribution is 0.0915. The van der Waals surface area contributed by atoms with Gasteiger partial charge in [0.25, 0.3) is 5.91 Å². The van der Waals surface area contributed by atoms with Crippen molar-refractivity contribution in [1.29, 1.82) is 5.26 Å². The van der Waals surface area contributed by atoms with Crippen molar-refractivity contribution in [3.63, 3.8) is 0 Å². The van der Waals surface area contributed by atoms with Gasteiger partial charge in [-0.3, -0.25) is 4.79 Å². The number of hydrogen-bond acceptors (Lipinski definition) is 5. The number of hydrogen-bond donors (Lipinski definition) is 1. The Balaban J connectivity index is 1.38. The van der Waals surface area contributed by atoms with E-state index in [-0.39, 0.29) is 11.9 Å². The zero-order valence-electron chi connectivity index (χ0n) is 17.3. The minimum absolute atomic E-state index is 0.0706. The Labute approximate surface area is 185 Å². The molecule has 1 N–H and O–H groups in total. The molecule has 0 spiro atoms. The van der Waals surface area contributed by atoms with Crippen LogP contribution in [0.3, 0.4) is 0 Å². The van der Waals surface area contributed by atoms with E-state index in [1.54, 1.807) is 4.68 Å². The highest BCUT2D eigenvalue weighted by Crippen LogP contribution is 2.43. The van der Waals surface area contributed by atoms with Gasteiger partial charge in [-0.15, -0.1) is 16.4 Å². The van der Waals surface area contributed by atoms with Crippen molar-refractivity contribution in [3.8, 4) is 16.5 Å². The monoisotopic (exact) mass is 431 g/mol. The normalized spacial score (nSPS) is 18.8. The number of carbonyl (C=O) groups excluding carboxylic acids is 1. The summed E-state index contributed by atoms with van der Waals surface area (Å²) in [6.45, 7) is 0. The first-order valence-electron chi connectivity index (χ1n) is 11.0. The fourth-order valence-electron chi connectivity index (χ4n) is 4.47. The lowest BCUT2D eigenvalue weighted by Gasteiger charge is -2.29. The number of rotatable bonds is 6. The Morgan fingerprint density at radius 1 is 1.16 bits per heavy atom. The van der Waals surface area contributed by atoms with Crippen LogP contribution in [0.15, 0.2) is 48.7 Å². The van der Waals surface area contributed by atoms with Crippen LogP contribution in [0.4, 0.5) is 0 Å². The largest absolute Gasteiger partial charge is 0.343 e. The first-order valence-corrected chi connectivity index (χ1v) is 11.8. The van der Waals surface area contributed by atoms with Gasteiger partial charge in [0, 0.05) is 4.88 Å². The number of carbonyl (C=O) groups is 1. The van der Waals surface area contributed by atoms with Gasteiger partial charge >= 0.3 is 0 Å². The second-order valence-corrected chi connectivity index (χ2v) is 9.69. The SMILES string of the molecule is N#CC1(n2cc([C@@H](NC(=O)c3ccc(-c4ccccc4)s3)C3CCCCC3)nn2)CC1. The van der Waals surface area contributed by atoms with Crippen LogP contribution in [-0.2, 0) is 5.54 Å². The fraction of sp³-hybridized carbons (Fsp3) is 0.417. The predicted molar refractivity (Wildman–Crippen MR) is 119 cm³/mol. The molecular formula is C24H25N5OS. The highest BCUT2D eigenvalue weighted by molar-refractivity contribution is 7.17. The fourth-order valence-corrected chi connectivity index (χ4v) is 5.38. The number of nitrogens with zero attached hydrogens (tertiary/aromatic N) is 4. The van der Waals surface area contributed by atoms with Gasteiger partial charge in [0.1, 0.15) is 5.69 Å². The average Bonchev–Trinajstić information content (AvgIpc) is 3.23. The van der Waals surface area contributed by atoms with Crippen LogP contribution in [0.2, 0.25) is 0 Å². The first-order chi connectivity index (χ1) is 15.2. The topological polar surface area (TPSA) is 83.6 Å². The van der Waals surface area contributed by atoms with Crippen molar-refractivity contribution < 1.29 is 4.79 Å². The van der Waals surface area contributed by atoms with Crippen LogP contribution in [0.5, 0.6) is 0 Å². The van der Waals surface area contributed by atoms with E-state index in [4.69, 9.17) is 0 Å². The number of amides is 1. The van der Waals surface area contributed by atoms with Crippen molar-refractivity contribution in [2.45, 2.75) is 56.5 Å². The summed E-state index contributed by atoms with van der Waals surface area (Å²) in [4.78, 5) is 15.0. The molecule has 7 heteroatoms. The van der Waals surface area contributed by atoms with Gasteiger partial charge in [0.05, 0.1) is 23.2 Å².